The van der Waals surface area contributed by atoms with Gasteiger partial charge in [-0.1, -0.05) is 30.3 Å². The van der Waals surface area contributed by atoms with Crippen LogP contribution < -0.4 is 5.32 Å². The highest BCUT2D eigenvalue weighted by atomic mass is 16.6. The van der Waals surface area contributed by atoms with Crippen molar-refractivity contribution in [2.45, 2.75) is 6.42 Å². The monoisotopic (exact) mass is 300 g/mol. The Balaban J connectivity index is 2.03. The largest absolute Gasteiger partial charge is 0.506 e. The molecule has 0 fully saturated rings. The van der Waals surface area contributed by atoms with E-state index in [1.165, 1.54) is 6.07 Å². The molecule has 7 nitrogen and oxygen atoms in total. The number of rotatable bonds is 5. The number of carbonyl (C=O) groups excluding carboxylic acids is 2. The van der Waals surface area contributed by atoms with Gasteiger partial charge in [0.15, 0.2) is 5.78 Å². The zero-order chi connectivity index (χ0) is 16.1. The van der Waals surface area contributed by atoms with Crippen LogP contribution in [0.3, 0.4) is 0 Å². The third kappa shape index (κ3) is 3.66. The van der Waals surface area contributed by atoms with E-state index in [-0.39, 0.29) is 23.6 Å². The van der Waals surface area contributed by atoms with E-state index in [1.807, 2.05) is 0 Å². The summed E-state index contributed by atoms with van der Waals surface area (Å²) in [6.45, 7) is 0. The van der Waals surface area contributed by atoms with Gasteiger partial charge in [-0.2, -0.15) is 0 Å². The minimum atomic E-state index is -0.662. The van der Waals surface area contributed by atoms with Crippen molar-refractivity contribution in [2.75, 3.05) is 5.32 Å². The van der Waals surface area contributed by atoms with Gasteiger partial charge in [0.1, 0.15) is 5.75 Å². The van der Waals surface area contributed by atoms with Gasteiger partial charge >= 0.3 is 0 Å². The molecule has 2 N–H and O–H groups in total. The summed E-state index contributed by atoms with van der Waals surface area (Å²) in [6, 6.07) is 11.6. The SMILES string of the molecule is O=C(CC(=O)c1ccccc1)Nc1ccc([N+](=O)[O-])cc1O. The highest BCUT2D eigenvalue weighted by molar-refractivity contribution is 6.11. The molecule has 0 saturated heterocycles. The lowest BCUT2D eigenvalue weighted by Crippen LogP contribution is -2.16. The average Bonchev–Trinajstić information content (AvgIpc) is 2.50. The Morgan fingerprint density at radius 2 is 1.82 bits per heavy atom. The van der Waals surface area contributed by atoms with Gasteiger partial charge in [-0.05, 0) is 6.07 Å². The Bertz CT molecular complexity index is 728. The zero-order valence-electron chi connectivity index (χ0n) is 11.4. The number of hydrogen-bond donors (Lipinski definition) is 2. The van der Waals surface area contributed by atoms with Gasteiger partial charge in [-0.15, -0.1) is 0 Å². The number of nitro benzene ring substituents is 1. The quantitative estimate of drug-likeness (QED) is 0.290. The molecule has 0 unspecified atom stereocenters. The minimum absolute atomic E-state index is 0.0106. The van der Waals surface area contributed by atoms with Gasteiger partial charge < -0.3 is 10.4 Å². The highest BCUT2D eigenvalue weighted by Crippen LogP contribution is 2.27. The molecule has 0 saturated carbocycles. The Hall–Kier alpha value is -3.22. The van der Waals surface area contributed by atoms with E-state index in [0.717, 1.165) is 12.1 Å². The number of nitrogens with zero attached hydrogens (tertiary/aromatic N) is 1. The van der Waals surface area contributed by atoms with Gasteiger partial charge in [0, 0.05) is 11.6 Å². The van der Waals surface area contributed by atoms with Crippen molar-refractivity contribution < 1.29 is 19.6 Å². The number of anilines is 1. The topological polar surface area (TPSA) is 110 Å². The van der Waals surface area contributed by atoms with Crippen molar-refractivity contribution in [3.63, 3.8) is 0 Å². The first-order chi connectivity index (χ1) is 10.5. The molecule has 2 aromatic carbocycles. The number of amides is 1. The third-order valence-corrected chi connectivity index (χ3v) is 2.88. The maximum Gasteiger partial charge on any atom is 0.273 e. The van der Waals surface area contributed by atoms with Gasteiger partial charge in [-0.3, -0.25) is 19.7 Å². The van der Waals surface area contributed by atoms with Gasteiger partial charge in [0.05, 0.1) is 23.1 Å². The molecule has 2 rings (SSSR count). The number of benzene rings is 2. The second-order valence-electron chi connectivity index (χ2n) is 4.47. The van der Waals surface area contributed by atoms with Crippen molar-refractivity contribution in [1.29, 1.82) is 0 Å². The van der Waals surface area contributed by atoms with Crippen LogP contribution in [0, 0.1) is 10.1 Å². The lowest BCUT2D eigenvalue weighted by Gasteiger charge is -2.07. The van der Waals surface area contributed by atoms with Crippen LogP contribution in [0.4, 0.5) is 11.4 Å². The van der Waals surface area contributed by atoms with Crippen LogP contribution in [0.5, 0.6) is 5.75 Å². The van der Waals surface area contributed by atoms with Crippen molar-refractivity contribution in [2.24, 2.45) is 0 Å². The highest BCUT2D eigenvalue weighted by Gasteiger charge is 2.15. The molecule has 0 bridgehead atoms. The van der Waals surface area contributed by atoms with Crippen LogP contribution in [-0.2, 0) is 4.79 Å². The number of carbonyl (C=O) groups is 2. The molecule has 7 heteroatoms. The van der Waals surface area contributed by atoms with E-state index in [9.17, 15) is 24.8 Å². The Morgan fingerprint density at radius 1 is 1.14 bits per heavy atom. The fourth-order valence-corrected chi connectivity index (χ4v) is 1.81. The number of phenols is 1. The molecule has 0 aromatic heterocycles. The van der Waals surface area contributed by atoms with E-state index in [0.29, 0.717) is 5.56 Å². The molecule has 0 heterocycles. The number of Topliss-reactive ketones (excluding diaryl/α,β-unsaturated/α-hetero) is 1. The molecule has 0 aliphatic carbocycles. The van der Waals surface area contributed by atoms with Crippen molar-refractivity contribution in [1.82, 2.24) is 0 Å². The van der Waals surface area contributed by atoms with E-state index in [2.05, 4.69) is 5.32 Å². The van der Waals surface area contributed by atoms with E-state index in [4.69, 9.17) is 0 Å². The number of phenolic OH excluding ortho intramolecular Hbond substituents is 1. The predicted molar refractivity (Wildman–Crippen MR) is 78.8 cm³/mol. The molecule has 112 valence electrons. The zero-order valence-corrected chi connectivity index (χ0v) is 11.4. The van der Waals surface area contributed by atoms with Crippen LogP contribution in [-0.4, -0.2) is 21.7 Å². The Labute approximate surface area is 125 Å². The second-order valence-corrected chi connectivity index (χ2v) is 4.47. The Morgan fingerprint density at radius 3 is 2.41 bits per heavy atom. The van der Waals surface area contributed by atoms with Gasteiger partial charge in [-0.25, -0.2) is 0 Å². The van der Waals surface area contributed by atoms with Gasteiger partial charge in [0.25, 0.3) is 5.69 Å². The van der Waals surface area contributed by atoms with E-state index < -0.39 is 16.6 Å². The standard InChI is InChI=1S/C15H12N2O5/c18-13(10-4-2-1-3-5-10)9-15(20)16-12-7-6-11(17(21)22)8-14(12)19/h1-8,19H,9H2,(H,16,20). The van der Waals surface area contributed by atoms with E-state index in [1.54, 1.807) is 30.3 Å². The Kier molecular flexibility index (Phi) is 4.47. The molecule has 0 aliphatic heterocycles. The molecule has 0 radical (unpaired) electrons. The number of nitro groups is 1. The molecule has 0 aliphatic rings. The summed E-state index contributed by atoms with van der Waals surface area (Å²) in [5.74, 6) is -1.41. The molecular formula is C15H12N2O5. The summed E-state index contributed by atoms with van der Waals surface area (Å²) < 4.78 is 0. The molecule has 22 heavy (non-hydrogen) atoms. The minimum Gasteiger partial charge on any atom is -0.506 e. The summed E-state index contributed by atoms with van der Waals surface area (Å²) in [6.07, 6.45) is -0.388. The summed E-state index contributed by atoms with van der Waals surface area (Å²) in [5.41, 5.74) is 0.123. The molecule has 1 amide bonds. The van der Waals surface area contributed by atoms with Crippen LogP contribution >= 0.6 is 0 Å². The number of non-ortho nitro benzene ring substituents is 1. The van der Waals surface area contributed by atoms with Crippen LogP contribution in [0.2, 0.25) is 0 Å². The van der Waals surface area contributed by atoms with Gasteiger partial charge in [0.2, 0.25) is 5.91 Å². The third-order valence-electron chi connectivity index (χ3n) is 2.88. The summed E-state index contributed by atoms with van der Waals surface area (Å²) in [4.78, 5) is 33.5. The number of aromatic hydroxyl groups is 1. The van der Waals surface area contributed by atoms with Crippen LogP contribution in [0.15, 0.2) is 48.5 Å². The second kappa shape index (κ2) is 6.49. The normalized spacial score (nSPS) is 10.0. The maximum atomic E-state index is 11.9. The first-order valence-corrected chi connectivity index (χ1v) is 6.33. The van der Waals surface area contributed by atoms with Crippen molar-refractivity contribution >= 4 is 23.1 Å². The first kappa shape index (κ1) is 15.2. The van der Waals surface area contributed by atoms with Crippen molar-refractivity contribution in [3.8, 4) is 5.75 Å². The maximum absolute atomic E-state index is 11.9. The van der Waals surface area contributed by atoms with Crippen LogP contribution in [0.1, 0.15) is 16.8 Å². The summed E-state index contributed by atoms with van der Waals surface area (Å²) in [7, 11) is 0. The molecule has 0 atom stereocenters. The summed E-state index contributed by atoms with van der Waals surface area (Å²) >= 11 is 0. The summed E-state index contributed by atoms with van der Waals surface area (Å²) in [5, 5.41) is 22.5. The van der Waals surface area contributed by atoms with E-state index >= 15 is 0 Å². The fraction of sp³-hybridized carbons (Fsp3) is 0.0667. The van der Waals surface area contributed by atoms with Crippen molar-refractivity contribution in [3.05, 3.63) is 64.2 Å². The predicted octanol–water partition coefficient (Wildman–Crippen LogP) is 2.51. The fourth-order valence-electron chi connectivity index (χ4n) is 1.81. The molecular weight excluding hydrogens is 288 g/mol. The molecule has 0 spiro atoms. The number of ketones is 1. The number of hydrogen-bond acceptors (Lipinski definition) is 5. The first-order valence-electron chi connectivity index (χ1n) is 6.33. The number of nitrogens with one attached hydrogen (secondary N) is 1. The smallest absolute Gasteiger partial charge is 0.273 e. The molecule has 2 aromatic rings. The average molecular weight is 300 g/mol. The lowest BCUT2D eigenvalue weighted by atomic mass is 10.1. The van der Waals surface area contributed by atoms with Crippen LogP contribution in [0.25, 0.3) is 0 Å². The lowest BCUT2D eigenvalue weighted by molar-refractivity contribution is -0.384.